The molecule has 2 N–H and O–H groups in total. The summed E-state index contributed by atoms with van der Waals surface area (Å²) < 4.78 is 10.5. The maximum Gasteiger partial charge on any atom is 0.231 e. The van der Waals surface area contributed by atoms with Gasteiger partial charge in [0.05, 0.1) is 17.7 Å². The Morgan fingerprint density at radius 2 is 2.29 bits per heavy atom. The molecule has 94 valence electrons. The number of ether oxygens (including phenoxy) is 2. The quantitative estimate of drug-likeness (QED) is 0.848. The Kier molecular flexibility index (Phi) is 4.10. The molecule has 1 unspecified atom stereocenters. The van der Waals surface area contributed by atoms with Crippen molar-refractivity contribution in [1.82, 2.24) is 5.32 Å². The van der Waals surface area contributed by atoms with E-state index in [4.69, 9.17) is 21.1 Å². The Bertz CT molecular complexity index is 398. The number of fused-ring (bicyclic) bond motifs is 1. The van der Waals surface area contributed by atoms with Gasteiger partial charge < -0.3 is 19.9 Å². The van der Waals surface area contributed by atoms with Crippen molar-refractivity contribution in [2.75, 3.05) is 19.9 Å². The third kappa shape index (κ3) is 2.65. The summed E-state index contributed by atoms with van der Waals surface area (Å²) in [6.07, 6.45) is 1.01. The number of hydrogen-bond donors (Lipinski definition) is 2. The molecule has 0 spiro atoms. The maximum absolute atomic E-state index is 9.37. The smallest absolute Gasteiger partial charge is 0.231 e. The lowest BCUT2D eigenvalue weighted by atomic mass is 10.1. The highest BCUT2D eigenvalue weighted by atomic mass is 35.5. The first kappa shape index (κ1) is 12.5. The van der Waals surface area contributed by atoms with E-state index in [9.17, 15) is 5.11 Å². The van der Waals surface area contributed by atoms with Crippen molar-refractivity contribution in [3.63, 3.8) is 0 Å². The van der Waals surface area contributed by atoms with Crippen LogP contribution < -0.4 is 14.8 Å². The number of aliphatic hydroxyl groups excluding tert-OH is 1. The summed E-state index contributed by atoms with van der Waals surface area (Å²) in [6, 6.07) is 3.54. The zero-order valence-electron chi connectivity index (χ0n) is 9.70. The van der Waals surface area contributed by atoms with Gasteiger partial charge in [-0.1, -0.05) is 18.5 Å². The molecule has 5 heteroatoms. The predicted octanol–water partition coefficient (Wildman–Crippen LogP) is 2.10. The fraction of sp³-hybridized carbons (Fsp3) is 0.500. The van der Waals surface area contributed by atoms with Gasteiger partial charge in [0, 0.05) is 0 Å². The molecule has 1 aromatic carbocycles. The van der Waals surface area contributed by atoms with Crippen molar-refractivity contribution < 1.29 is 14.6 Å². The number of halogens is 1. The SMILES string of the molecule is CCCNC(CO)c1cc(Cl)c2c(c1)OCO2. The number of benzene rings is 1. The van der Waals surface area contributed by atoms with Gasteiger partial charge in [-0.3, -0.25) is 0 Å². The van der Waals surface area contributed by atoms with Crippen LogP contribution in [0.4, 0.5) is 0 Å². The summed E-state index contributed by atoms with van der Waals surface area (Å²) in [5.41, 5.74) is 0.912. The molecule has 1 heterocycles. The number of aliphatic hydroxyl groups is 1. The highest BCUT2D eigenvalue weighted by Gasteiger charge is 2.21. The van der Waals surface area contributed by atoms with Crippen LogP contribution >= 0.6 is 11.6 Å². The summed E-state index contributed by atoms with van der Waals surface area (Å²) in [4.78, 5) is 0. The van der Waals surface area contributed by atoms with E-state index in [1.165, 1.54) is 0 Å². The molecular weight excluding hydrogens is 242 g/mol. The third-order valence-corrected chi connectivity index (χ3v) is 2.96. The Balaban J connectivity index is 2.22. The summed E-state index contributed by atoms with van der Waals surface area (Å²) >= 11 is 6.10. The van der Waals surface area contributed by atoms with Crippen LogP contribution in [0.25, 0.3) is 0 Å². The highest BCUT2D eigenvalue weighted by Crippen LogP contribution is 2.40. The Hall–Kier alpha value is -0.970. The molecule has 0 aromatic heterocycles. The van der Waals surface area contributed by atoms with Gasteiger partial charge in [0.2, 0.25) is 6.79 Å². The lowest BCUT2D eigenvalue weighted by Crippen LogP contribution is -2.25. The summed E-state index contributed by atoms with van der Waals surface area (Å²) in [5, 5.41) is 13.1. The fourth-order valence-electron chi connectivity index (χ4n) is 1.79. The van der Waals surface area contributed by atoms with Crippen molar-refractivity contribution in [3.05, 3.63) is 22.7 Å². The summed E-state index contributed by atoms with van der Waals surface area (Å²) in [5.74, 6) is 1.23. The lowest BCUT2D eigenvalue weighted by Gasteiger charge is -2.17. The zero-order valence-corrected chi connectivity index (χ0v) is 10.5. The van der Waals surface area contributed by atoms with E-state index in [-0.39, 0.29) is 19.4 Å². The van der Waals surface area contributed by atoms with Crippen molar-refractivity contribution in [3.8, 4) is 11.5 Å². The third-order valence-electron chi connectivity index (χ3n) is 2.68. The molecule has 0 aliphatic carbocycles. The fourth-order valence-corrected chi connectivity index (χ4v) is 2.07. The minimum absolute atomic E-state index is 0.0238. The van der Waals surface area contributed by atoms with Crippen LogP contribution in [0.5, 0.6) is 11.5 Å². The summed E-state index contributed by atoms with van der Waals surface area (Å²) in [7, 11) is 0. The topological polar surface area (TPSA) is 50.7 Å². The van der Waals surface area contributed by atoms with Crippen LogP contribution in [0.15, 0.2) is 12.1 Å². The van der Waals surface area contributed by atoms with E-state index in [2.05, 4.69) is 12.2 Å². The van der Waals surface area contributed by atoms with Gasteiger partial charge in [-0.15, -0.1) is 0 Å². The first-order valence-corrected chi connectivity index (χ1v) is 6.07. The molecule has 1 atom stereocenters. The van der Waals surface area contributed by atoms with Gasteiger partial charge in [0.1, 0.15) is 0 Å². The van der Waals surface area contributed by atoms with E-state index in [1.54, 1.807) is 6.07 Å². The van der Waals surface area contributed by atoms with Crippen molar-refractivity contribution in [2.24, 2.45) is 0 Å². The van der Waals surface area contributed by atoms with Gasteiger partial charge in [0.15, 0.2) is 11.5 Å². The standard InChI is InChI=1S/C12H16ClNO3/c1-2-3-14-10(6-15)8-4-9(13)12-11(5-8)16-7-17-12/h4-5,10,14-15H,2-3,6-7H2,1H3. The van der Waals surface area contributed by atoms with Crippen LogP contribution in [-0.2, 0) is 0 Å². The number of hydrogen-bond acceptors (Lipinski definition) is 4. The molecule has 1 aliphatic heterocycles. The van der Waals surface area contributed by atoms with Gasteiger partial charge >= 0.3 is 0 Å². The van der Waals surface area contributed by atoms with Gasteiger partial charge in [-0.25, -0.2) is 0 Å². The van der Waals surface area contributed by atoms with Crippen LogP contribution in [0.2, 0.25) is 5.02 Å². The average molecular weight is 258 g/mol. The Morgan fingerprint density at radius 1 is 1.47 bits per heavy atom. The number of rotatable bonds is 5. The summed E-state index contributed by atoms with van der Waals surface area (Å²) in [6.45, 7) is 3.14. The normalized spacial score (nSPS) is 15.0. The zero-order chi connectivity index (χ0) is 12.3. The van der Waals surface area contributed by atoms with Crippen molar-refractivity contribution in [2.45, 2.75) is 19.4 Å². The first-order chi connectivity index (χ1) is 8.26. The number of nitrogens with one attached hydrogen (secondary N) is 1. The van der Waals surface area contributed by atoms with Crippen LogP contribution in [-0.4, -0.2) is 25.1 Å². The Labute approximate surface area is 105 Å². The second-order valence-corrected chi connectivity index (χ2v) is 4.33. The molecule has 0 radical (unpaired) electrons. The molecule has 0 saturated carbocycles. The van der Waals surface area contributed by atoms with E-state index in [1.807, 2.05) is 6.07 Å². The lowest BCUT2D eigenvalue weighted by molar-refractivity contribution is 0.174. The second kappa shape index (κ2) is 5.58. The van der Waals surface area contributed by atoms with Crippen LogP contribution in [0, 0.1) is 0 Å². The molecule has 1 aliphatic rings. The minimum atomic E-state index is -0.123. The monoisotopic (exact) mass is 257 g/mol. The van der Waals surface area contributed by atoms with Crippen LogP contribution in [0.1, 0.15) is 24.9 Å². The minimum Gasteiger partial charge on any atom is -0.454 e. The van der Waals surface area contributed by atoms with Gasteiger partial charge in [-0.05, 0) is 30.7 Å². The molecule has 4 nitrogen and oxygen atoms in total. The second-order valence-electron chi connectivity index (χ2n) is 3.93. The molecule has 0 saturated heterocycles. The predicted molar refractivity (Wildman–Crippen MR) is 65.7 cm³/mol. The molecule has 0 bridgehead atoms. The van der Waals surface area contributed by atoms with Gasteiger partial charge in [-0.2, -0.15) is 0 Å². The maximum atomic E-state index is 9.37. The van der Waals surface area contributed by atoms with Crippen molar-refractivity contribution >= 4 is 11.6 Å². The van der Waals surface area contributed by atoms with Crippen molar-refractivity contribution in [1.29, 1.82) is 0 Å². The van der Waals surface area contributed by atoms with E-state index >= 15 is 0 Å². The molecular formula is C12H16ClNO3. The molecule has 0 fully saturated rings. The molecule has 17 heavy (non-hydrogen) atoms. The van der Waals surface area contributed by atoms with Gasteiger partial charge in [0.25, 0.3) is 0 Å². The highest BCUT2D eigenvalue weighted by molar-refractivity contribution is 6.32. The van der Waals surface area contributed by atoms with E-state index in [0.717, 1.165) is 18.5 Å². The molecule has 1 aromatic rings. The average Bonchev–Trinajstić information content (AvgIpc) is 2.79. The van der Waals surface area contributed by atoms with Crippen LogP contribution in [0.3, 0.4) is 0 Å². The molecule has 0 amide bonds. The first-order valence-electron chi connectivity index (χ1n) is 5.69. The van der Waals surface area contributed by atoms with E-state index in [0.29, 0.717) is 16.5 Å². The Morgan fingerprint density at radius 3 is 3.00 bits per heavy atom. The molecule has 2 rings (SSSR count). The largest absolute Gasteiger partial charge is 0.454 e. The van der Waals surface area contributed by atoms with E-state index < -0.39 is 0 Å².